The Labute approximate surface area is 155 Å². The van der Waals surface area contributed by atoms with E-state index in [-0.39, 0.29) is 17.7 Å². The lowest BCUT2D eigenvalue weighted by Crippen LogP contribution is -2.32. The summed E-state index contributed by atoms with van der Waals surface area (Å²) < 4.78 is 7.27. The molecule has 0 bridgehead atoms. The Hall–Kier alpha value is -2.56. The first kappa shape index (κ1) is 19.8. The van der Waals surface area contributed by atoms with Crippen molar-refractivity contribution in [2.24, 2.45) is 0 Å². The maximum atomic E-state index is 12.2. The molecular weight excluding hydrogens is 328 g/mol. The smallest absolute Gasteiger partial charge is 0.221 e. The van der Waals surface area contributed by atoms with Gasteiger partial charge in [-0.1, -0.05) is 6.92 Å². The van der Waals surface area contributed by atoms with E-state index in [1.54, 1.807) is 14.0 Å². The molecule has 2 rings (SSSR count). The highest BCUT2D eigenvalue weighted by Gasteiger charge is 2.17. The van der Waals surface area contributed by atoms with E-state index >= 15 is 0 Å². The van der Waals surface area contributed by atoms with E-state index in [0.29, 0.717) is 18.5 Å². The van der Waals surface area contributed by atoms with E-state index in [0.717, 1.165) is 29.1 Å². The Morgan fingerprint density at radius 3 is 2.42 bits per heavy atom. The minimum atomic E-state index is 0.0255. The summed E-state index contributed by atoms with van der Waals surface area (Å²) in [6.45, 7) is 8.07. The molecule has 5 nitrogen and oxygen atoms in total. The van der Waals surface area contributed by atoms with Gasteiger partial charge in [-0.25, -0.2) is 0 Å². The molecule has 1 N–H and O–H groups in total. The van der Waals surface area contributed by atoms with Gasteiger partial charge in [0.1, 0.15) is 5.75 Å². The molecule has 1 atom stereocenters. The third-order valence-electron chi connectivity index (χ3n) is 4.71. The Balaban J connectivity index is 2.30. The number of methoxy groups -OCH3 is 1. The minimum absolute atomic E-state index is 0.0255. The van der Waals surface area contributed by atoms with Crippen LogP contribution >= 0.6 is 0 Å². The van der Waals surface area contributed by atoms with Crippen LogP contribution in [0.4, 0.5) is 0 Å². The molecule has 0 fully saturated rings. The number of ether oxygens (including phenoxy) is 1. The molecule has 1 aromatic carbocycles. The van der Waals surface area contributed by atoms with Gasteiger partial charge in [0.25, 0.3) is 0 Å². The summed E-state index contributed by atoms with van der Waals surface area (Å²) in [5, 5.41) is 2.99. The lowest BCUT2D eigenvalue weighted by Gasteiger charge is -2.14. The zero-order valence-corrected chi connectivity index (χ0v) is 16.3. The van der Waals surface area contributed by atoms with E-state index in [1.165, 1.54) is 0 Å². The van der Waals surface area contributed by atoms with Crippen LogP contribution in [0.3, 0.4) is 0 Å². The van der Waals surface area contributed by atoms with Gasteiger partial charge in [-0.2, -0.15) is 0 Å². The van der Waals surface area contributed by atoms with Gasteiger partial charge >= 0.3 is 0 Å². The van der Waals surface area contributed by atoms with E-state index < -0.39 is 0 Å². The molecule has 0 spiro atoms. The first-order valence-electron chi connectivity index (χ1n) is 9.02. The van der Waals surface area contributed by atoms with Crippen LogP contribution in [-0.4, -0.2) is 29.4 Å². The molecular formula is C21H28N2O3. The minimum Gasteiger partial charge on any atom is -0.497 e. The first-order valence-corrected chi connectivity index (χ1v) is 9.02. The van der Waals surface area contributed by atoms with Crippen LogP contribution in [0, 0.1) is 6.92 Å². The number of carbonyl (C=O) groups is 2. The third kappa shape index (κ3) is 4.54. The topological polar surface area (TPSA) is 60.3 Å². The Morgan fingerprint density at radius 1 is 1.23 bits per heavy atom. The van der Waals surface area contributed by atoms with Crippen molar-refractivity contribution in [2.45, 2.75) is 53.1 Å². The van der Waals surface area contributed by atoms with Gasteiger partial charge < -0.3 is 14.6 Å². The lowest BCUT2D eigenvalue weighted by atomic mass is 10.1. The van der Waals surface area contributed by atoms with Crippen molar-refractivity contribution in [1.29, 1.82) is 0 Å². The molecule has 1 heterocycles. The zero-order valence-electron chi connectivity index (χ0n) is 16.3. The van der Waals surface area contributed by atoms with E-state index in [2.05, 4.69) is 9.88 Å². The molecule has 1 amide bonds. The summed E-state index contributed by atoms with van der Waals surface area (Å²) in [7, 11) is 1.63. The molecule has 0 aliphatic carbocycles. The third-order valence-corrected chi connectivity index (χ3v) is 4.71. The quantitative estimate of drug-likeness (QED) is 0.728. The van der Waals surface area contributed by atoms with Gasteiger partial charge in [0.2, 0.25) is 5.91 Å². The summed E-state index contributed by atoms with van der Waals surface area (Å²) in [5.41, 5.74) is 3.51. The molecule has 5 heteroatoms. The van der Waals surface area contributed by atoms with Crippen molar-refractivity contribution >= 4 is 11.7 Å². The van der Waals surface area contributed by atoms with Crippen LogP contribution < -0.4 is 10.1 Å². The number of nitrogens with one attached hydrogen (secondary N) is 1. The van der Waals surface area contributed by atoms with Gasteiger partial charge in [-0.05, 0) is 63.1 Å². The van der Waals surface area contributed by atoms with Crippen LogP contribution in [0.2, 0.25) is 0 Å². The molecule has 0 unspecified atom stereocenters. The van der Waals surface area contributed by atoms with Gasteiger partial charge in [-0.15, -0.1) is 0 Å². The number of hydrogen-bond acceptors (Lipinski definition) is 3. The van der Waals surface area contributed by atoms with Gasteiger partial charge in [0.15, 0.2) is 5.78 Å². The van der Waals surface area contributed by atoms with Crippen LogP contribution in [-0.2, 0) is 11.3 Å². The lowest BCUT2D eigenvalue weighted by molar-refractivity contribution is -0.121. The second kappa shape index (κ2) is 8.70. The van der Waals surface area contributed by atoms with Gasteiger partial charge in [0, 0.05) is 36.0 Å². The van der Waals surface area contributed by atoms with Crippen molar-refractivity contribution in [3.05, 3.63) is 41.6 Å². The zero-order chi connectivity index (χ0) is 19.3. The van der Waals surface area contributed by atoms with Crippen molar-refractivity contribution in [2.75, 3.05) is 7.11 Å². The predicted octanol–water partition coefficient (Wildman–Crippen LogP) is 3.98. The molecule has 0 aliphatic heterocycles. The number of aromatic nitrogens is 1. The standard InChI is InChI=1S/C21H28N2O3/c1-6-14(2)22-21(25)11-12-23-15(3)19(16(4)24)13-20(23)17-7-9-18(26-5)10-8-17/h7-10,13-14H,6,11-12H2,1-5H3,(H,22,25)/t14-/m0/s1. The van der Waals surface area contributed by atoms with Crippen molar-refractivity contribution in [3.63, 3.8) is 0 Å². The number of rotatable bonds is 8. The molecule has 140 valence electrons. The van der Waals surface area contributed by atoms with E-state index in [4.69, 9.17) is 4.74 Å². The highest BCUT2D eigenvalue weighted by molar-refractivity contribution is 5.96. The normalized spacial score (nSPS) is 11.9. The molecule has 26 heavy (non-hydrogen) atoms. The van der Waals surface area contributed by atoms with Crippen LogP contribution in [0.25, 0.3) is 11.3 Å². The second-order valence-corrected chi connectivity index (χ2v) is 6.59. The van der Waals surface area contributed by atoms with Crippen LogP contribution in [0.1, 0.15) is 49.7 Å². The Bertz CT molecular complexity index is 775. The molecule has 0 saturated heterocycles. The number of nitrogens with zero attached hydrogens (tertiary/aromatic N) is 1. The Kier molecular flexibility index (Phi) is 6.61. The second-order valence-electron chi connectivity index (χ2n) is 6.59. The summed E-state index contributed by atoms with van der Waals surface area (Å²) in [5.74, 6) is 0.834. The monoisotopic (exact) mass is 356 g/mol. The molecule has 0 aliphatic rings. The number of Topliss-reactive ketones (excluding diaryl/α,β-unsaturated/α-hetero) is 1. The highest BCUT2D eigenvalue weighted by atomic mass is 16.5. The first-order chi connectivity index (χ1) is 12.4. The summed E-state index contributed by atoms with van der Waals surface area (Å²) in [6.07, 6.45) is 1.28. The average molecular weight is 356 g/mol. The molecule has 0 radical (unpaired) electrons. The fourth-order valence-corrected chi connectivity index (χ4v) is 2.95. The molecule has 0 saturated carbocycles. The number of hydrogen-bond donors (Lipinski definition) is 1. The fraction of sp³-hybridized carbons (Fsp3) is 0.429. The maximum absolute atomic E-state index is 12.2. The van der Waals surface area contributed by atoms with E-state index in [9.17, 15) is 9.59 Å². The number of benzene rings is 1. The van der Waals surface area contributed by atoms with E-state index in [1.807, 2.05) is 51.1 Å². The van der Waals surface area contributed by atoms with Crippen LogP contribution in [0.15, 0.2) is 30.3 Å². The molecule has 2 aromatic rings. The van der Waals surface area contributed by atoms with Crippen molar-refractivity contribution < 1.29 is 14.3 Å². The largest absolute Gasteiger partial charge is 0.497 e. The summed E-state index contributed by atoms with van der Waals surface area (Å²) >= 11 is 0. The summed E-state index contributed by atoms with van der Waals surface area (Å²) in [6, 6.07) is 9.80. The predicted molar refractivity (Wildman–Crippen MR) is 104 cm³/mol. The maximum Gasteiger partial charge on any atom is 0.221 e. The number of ketones is 1. The SMILES string of the molecule is CC[C@H](C)NC(=O)CCn1c(-c2ccc(OC)cc2)cc(C(C)=O)c1C. The van der Waals surface area contributed by atoms with Crippen molar-refractivity contribution in [1.82, 2.24) is 9.88 Å². The number of carbonyl (C=O) groups excluding carboxylic acids is 2. The highest BCUT2D eigenvalue weighted by Crippen LogP contribution is 2.28. The number of amides is 1. The van der Waals surface area contributed by atoms with Gasteiger partial charge in [-0.3, -0.25) is 9.59 Å². The molecule has 1 aromatic heterocycles. The Morgan fingerprint density at radius 2 is 1.88 bits per heavy atom. The van der Waals surface area contributed by atoms with Crippen molar-refractivity contribution in [3.8, 4) is 17.0 Å². The fourth-order valence-electron chi connectivity index (χ4n) is 2.95. The van der Waals surface area contributed by atoms with Gasteiger partial charge in [0.05, 0.1) is 7.11 Å². The average Bonchev–Trinajstić information content (AvgIpc) is 2.96. The van der Waals surface area contributed by atoms with Crippen LogP contribution in [0.5, 0.6) is 5.75 Å². The summed E-state index contributed by atoms with van der Waals surface area (Å²) in [4.78, 5) is 24.1.